The normalized spacial score (nSPS) is 14.0. The molecule has 3 aromatic rings. The van der Waals surface area contributed by atoms with Crippen molar-refractivity contribution in [2.45, 2.75) is 9.97 Å². The molecule has 0 saturated heterocycles. The SMILES string of the molecule is O=S(=O)(O)c1ccc2c3ccccc3[se+](C(F)(F)F)c2c1. The van der Waals surface area contributed by atoms with Crippen LogP contribution >= 0.6 is 0 Å². The number of rotatable bonds is 1. The van der Waals surface area contributed by atoms with E-state index < -0.39 is 33.5 Å². The fraction of sp³-hybridized carbons (Fsp3) is 0.0769. The van der Waals surface area contributed by atoms with Crippen LogP contribution in [0.4, 0.5) is 13.2 Å². The van der Waals surface area contributed by atoms with E-state index in [9.17, 15) is 21.6 Å². The van der Waals surface area contributed by atoms with Gasteiger partial charge in [-0.05, 0) is 0 Å². The Morgan fingerprint density at radius 3 is 2.19 bits per heavy atom. The Morgan fingerprint density at radius 2 is 1.57 bits per heavy atom. The molecule has 0 spiro atoms. The molecule has 3 nitrogen and oxygen atoms in total. The van der Waals surface area contributed by atoms with Crippen LogP contribution in [0.3, 0.4) is 0 Å². The molecule has 0 amide bonds. The van der Waals surface area contributed by atoms with Crippen molar-refractivity contribution < 1.29 is 26.1 Å². The van der Waals surface area contributed by atoms with Gasteiger partial charge in [0, 0.05) is 0 Å². The minimum absolute atomic E-state index is 0.0289. The molecule has 1 atom stereocenters. The van der Waals surface area contributed by atoms with Gasteiger partial charge in [0.05, 0.1) is 0 Å². The predicted molar refractivity (Wildman–Crippen MR) is 74.1 cm³/mol. The quantitative estimate of drug-likeness (QED) is 0.520. The summed E-state index contributed by atoms with van der Waals surface area (Å²) in [6.07, 6.45) is 0. The summed E-state index contributed by atoms with van der Waals surface area (Å²) in [6.45, 7) is 0. The van der Waals surface area contributed by atoms with Crippen LogP contribution in [0.15, 0.2) is 47.4 Å². The van der Waals surface area contributed by atoms with E-state index >= 15 is 0 Å². The van der Waals surface area contributed by atoms with Crippen molar-refractivity contribution in [2.24, 2.45) is 0 Å². The molecular formula is C13H8F3O3SSe+. The Kier molecular flexibility index (Phi) is 3.18. The van der Waals surface area contributed by atoms with Gasteiger partial charge >= 0.3 is 121 Å². The van der Waals surface area contributed by atoms with Gasteiger partial charge in [-0.15, -0.1) is 0 Å². The first-order valence-corrected chi connectivity index (χ1v) is 9.72. The molecule has 21 heavy (non-hydrogen) atoms. The first-order valence-electron chi connectivity index (χ1n) is 5.71. The fourth-order valence-electron chi connectivity index (χ4n) is 2.29. The second-order valence-corrected chi connectivity index (χ2v) is 9.90. The average molecular weight is 380 g/mol. The minimum atomic E-state index is -4.53. The molecular weight excluding hydrogens is 372 g/mol. The van der Waals surface area contributed by atoms with Crippen molar-refractivity contribution in [1.29, 1.82) is 0 Å². The standard InChI is InChI=1S/C13H7F3O3SSe/c14-13(15,16)21-11-4-2-1-3-9(11)10-6-5-8(7-12(10)21)20(17,18)19/h1-7H/p+1. The van der Waals surface area contributed by atoms with E-state index in [0.717, 1.165) is 12.1 Å². The molecule has 0 fully saturated rings. The van der Waals surface area contributed by atoms with Crippen LogP contribution in [-0.2, 0) is 15.2 Å². The maximum atomic E-state index is 13.4. The number of benzene rings is 2. The van der Waals surface area contributed by atoms with Crippen LogP contribution in [-0.4, -0.2) is 26.4 Å². The van der Waals surface area contributed by atoms with E-state index in [1.807, 2.05) is 0 Å². The zero-order valence-corrected chi connectivity index (χ0v) is 12.8. The number of hydrogen-bond acceptors (Lipinski definition) is 2. The first kappa shape index (κ1) is 14.6. The van der Waals surface area contributed by atoms with Crippen LogP contribution < -0.4 is 0 Å². The molecule has 1 heterocycles. The van der Waals surface area contributed by atoms with Crippen LogP contribution in [0.1, 0.15) is 0 Å². The first-order chi connectivity index (χ1) is 9.69. The van der Waals surface area contributed by atoms with Gasteiger partial charge < -0.3 is 0 Å². The van der Waals surface area contributed by atoms with Crippen molar-refractivity contribution in [3.8, 4) is 0 Å². The molecule has 1 aromatic heterocycles. The van der Waals surface area contributed by atoms with Gasteiger partial charge in [0.25, 0.3) is 0 Å². The van der Waals surface area contributed by atoms with Gasteiger partial charge in [0.1, 0.15) is 0 Å². The van der Waals surface area contributed by atoms with Crippen molar-refractivity contribution in [2.75, 3.05) is 0 Å². The summed E-state index contributed by atoms with van der Waals surface area (Å²) in [5, 5.41) is -3.55. The van der Waals surface area contributed by atoms with E-state index in [1.165, 1.54) is 18.2 Å². The van der Waals surface area contributed by atoms with Crippen LogP contribution in [0.5, 0.6) is 0 Å². The number of hydrogen-bond donors (Lipinski definition) is 1. The summed E-state index contributed by atoms with van der Waals surface area (Å²) in [6, 6.07) is 9.60. The molecule has 0 saturated carbocycles. The van der Waals surface area contributed by atoms with Crippen molar-refractivity contribution in [3.05, 3.63) is 42.5 Å². The molecule has 1 unspecified atom stereocenters. The summed E-state index contributed by atoms with van der Waals surface area (Å²) < 4.78 is 71.7. The predicted octanol–water partition coefficient (Wildman–Crippen LogP) is 3.46. The fourth-order valence-corrected chi connectivity index (χ4v) is 7.14. The van der Waals surface area contributed by atoms with Crippen LogP contribution in [0.25, 0.3) is 19.3 Å². The Bertz CT molecular complexity index is 958. The number of fused-ring (bicyclic) bond motifs is 3. The molecule has 0 aliphatic heterocycles. The molecule has 8 heteroatoms. The number of alkyl halides is 3. The molecule has 0 bridgehead atoms. The molecule has 3 rings (SSSR count). The summed E-state index contributed by atoms with van der Waals surface area (Å²) in [5.74, 6) is 0. The Morgan fingerprint density at radius 1 is 0.952 bits per heavy atom. The average Bonchev–Trinajstić information content (AvgIpc) is 2.70. The van der Waals surface area contributed by atoms with Gasteiger partial charge in [-0.1, -0.05) is 0 Å². The molecule has 0 aliphatic carbocycles. The third kappa shape index (κ3) is 2.38. The van der Waals surface area contributed by atoms with Crippen LogP contribution in [0.2, 0.25) is 0 Å². The molecule has 0 aliphatic rings. The summed E-state index contributed by atoms with van der Waals surface area (Å²) >= 11 is -3.37. The van der Waals surface area contributed by atoms with Gasteiger partial charge in [-0.25, -0.2) is 0 Å². The van der Waals surface area contributed by atoms with E-state index in [2.05, 4.69) is 0 Å². The van der Waals surface area contributed by atoms with E-state index in [0.29, 0.717) is 10.8 Å². The van der Waals surface area contributed by atoms with E-state index in [1.54, 1.807) is 12.1 Å². The van der Waals surface area contributed by atoms with Gasteiger partial charge in [0.15, 0.2) is 0 Å². The van der Waals surface area contributed by atoms with Gasteiger partial charge in [-0.2, -0.15) is 0 Å². The van der Waals surface area contributed by atoms with E-state index in [4.69, 9.17) is 4.55 Å². The molecule has 1 N–H and O–H groups in total. The second-order valence-electron chi connectivity index (χ2n) is 4.38. The van der Waals surface area contributed by atoms with Gasteiger partial charge in [0.2, 0.25) is 0 Å². The third-order valence-corrected chi connectivity index (χ3v) is 8.22. The molecule has 0 radical (unpaired) electrons. The third-order valence-electron chi connectivity index (χ3n) is 3.10. The van der Waals surface area contributed by atoms with E-state index in [-0.39, 0.29) is 8.52 Å². The topological polar surface area (TPSA) is 54.4 Å². The second kappa shape index (κ2) is 4.58. The monoisotopic (exact) mass is 381 g/mol. The Labute approximate surface area is 121 Å². The molecule has 2 aromatic carbocycles. The summed E-state index contributed by atoms with van der Waals surface area (Å²) in [7, 11) is -4.53. The maximum absolute atomic E-state index is 13.4. The Balaban J connectivity index is 2.54. The van der Waals surface area contributed by atoms with Crippen molar-refractivity contribution in [3.63, 3.8) is 0 Å². The zero-order valence-electron chi connectivity index (χ0n) is 10.3. The Hall–Kier alpha value is -1.34. The van der Waals surface area contributed by atoms with Gasteiger partial charge in [-0.3, -0.25) is 0 Å². The zero-order chi connectivity index (χ0) is 15.4. The summed E-state index contributed by atoms with van der Waals surface area (Å²) in [5.41, 5.74) is 0. The number of halogens is 3. The van der Waals surface area contributed by atoms with Crippen LogP contribution in [0, 0.1) is 0 Å². The van der Waals surface area contributed by atoms with Crippen molar-refractivity contribution in [1.82, 2.24) is 0 Å². The summed E-state index contributed by atoms with van der Waals surface area (Å²) in [4.78, 5) is -0.507. The van der Waals surface area contributed by atoms with Crippen molar-refractivity contribution >= 4 is 42.9 Å². The molecule has 110 valence electrons.